The number of rotatable bonds is 5. The Hall–Kier alpha value is -1.43. The van der Waals surface area contributed by atoms with Crippen molar-refractivity contribution >= 4 is 5.91 Å². The minimum atomic E-state index is -0.656. The molecule has 0 radical (unpaired) electrons. The zero-order valence-corrected chi connectivity index (χ0v) is 11.1. The second-order valence-electron chi connectivity index (χ2n) is 5.51. The van der Waals surface area contributed by atoms with Crippen LogP contribution in [0.5, 0.6) is 0 Å². The molecule has 2 aliphatic rings. The maximum atomic E-state index is 12.0. The van der Waals surface area contributed by atoms with Gasteiger partial charge < -0.3 is 14.6 Å². The topological polar surface area (TPSA) is 77.3 Å². The van der Waals surface area contributed by atoms with Crippen molar-refractivity contribution in [2.45, 2.75) is 50.5 Å². The number of nitrogens with zero attached hydrogens (tertiary/aromatic N) is 2. The van der Waals surface area contributed by atoms with Crippen molar-refractivity contribution in [3.05, 3.63) is 11.7 Å². The van der Waals surface area contributed by atoms with Gasteiger partial charge in [0.2, 0.25) is 5.89 Å². The van der Waals surface area contributed by atoms with Gasteiger partial charge in [0.1, 0.15) is 5.60 Å². The molecule has 19 heavy (non-hydrogen) atoms. The summed E-state index contributed by atoms with van der Waals surface area (Å²) in [7, 11) is 0. The zero-order chi connectivity index (χ0) is 13.3. The number of hydrogen-bond acceptors (Lipinski definition) is 5. The van der Waals surface area contributed by atoms with Crippen LogP contribution in [0.15, 0.2) is 4.52 Å². The summed E-state index contributed by atoms with van der Waals surface area (Å²) in [5, 5.41) is 6.80. The average Bonchev–Trinajstić information content (AvgIpc) is 2.98. The fourth-order valence-corrected chi connectivity index (χ4v) is 2.30. The summed E-state index contributed by atoms with van der Waals surface area (Å²) in [6, 6.07) is 0. The van der Waals surface area contributed by atoms with Crippen LogP contribution in [0, 0.1) is 0 Å². The smallest absolute Gasteiger partial charge is 0.251 e. The third kappa shape index (κ3) is 2.78. The molecule has 0 aromatic carbocycles. The standard InChI is InChI=1S/C13H19N3O3/c1-13(6-2-8-18-13)12(17)14-7-5-10-15-11(19-16-10)9-3-4-9/h9H,2-8H2,1H3,(H,14,17)/t13-/m1/s1. The number of aromatic nitrogens is 2. The van der Waals surface area contributed by atoms with Crippen molar-refractivity contribution in [3.63, 3.8) is 0 Å². The molecule has 1 atom stereocenters. The SMILES string of the molecule is C[C@]1(C(=O)NCCc2noc(C3CC3)n2)CCCO1. The van der Waals surface area contributed by atoms with Crippen molar-refractivity contribution < 1.29 is 14.1 Å². The van der Waals surface area contributed by atoms with E-state index in [2.05, 4.69) is 15.5 Å². The molecule has 1 amide bonds. The lowest BCUT2D eigenvalue weighted by molar-refractivity contribution is -0.139. The maximum absolute atomic E-state index is 12.0. The van der Waals surface area contributed by atoms with Crippen LogP contribution in [0.3, 0.4) is 0 Å². The van der Waals surface area contributed by atoms with Crippen LogP contribution in [-0.4, -0.2) is 34.8 Å². The highest BCUT2D eigenvalue weighted by Crippen LogP contribution is 2.38. The van der Waals surface area contributed by atoms with Gasteiger partial charge in [-0.1, -0.05) is 5.16 Å². The molecule has 2 fully saturated rings. The molecule has 1 aliphatic heterocycles. The molecule has 1 saturated carbocycles. The van der Waals surface area contributed by atoms with Crippen LogP contribution in [0.4, 0.5) is 0 Å². The summed E-state index contributed by atoms with van der Waals surface area (Å²) in [5.41, 5.74) is -0.656. The summed E-state index contributed by atoms with van der Waals surface area (Å²) in [6.07, 6.45) is 4.62. The molecule has 1 aromatic heterocycles. The predicted octanol–water partition coefficient (Wildman–Crippen LogP) is 1.17. The quantitative estimate of drug-likeness (QED) is 0.865. The molecule has 1 aliphatic carbocycles. The van der Waals surface area contributed by atoms with E-state index in [1.165, 1.54) is 0 Å². The molecule has 2 heterocycles. The Morgan fingerprint density at radius 1 is 1.53 bits per heavy atom. The van der Waals surface area contributed by atoms with Gasteiger partial charge in [-0.2, -0.15) is 4.98 Å². The first-order chi connectivity index (χ1) is 9.17. The summed E-state index contributed by atoms with van der Waals surface area (Å²) in [6.45, 7) is 3.02. The molecule has 0 bridgehead atoms. The van der Waals surface area contributed by atoms with Gasteiger partial charge in [0.25, 0.3) is 5.91 Å². The van der Waals surface area contributed by atoms with Crippen molar-refractivity contribution in [1.29, 1.82) is 0 Å². The first kappa shape index (κ1) is 12.6. The van der Waals surface area contributed by atoms with E-state index in [0.717, 1.165) is 31.6 Å². The lowest BCUT2D eigenvalue weighted by atomic mass is 10.0. The van der Waals surface area contributed by atoms with Crippen LogP contribution >= 0.6 is 0 Å². The molecular formula is C13H19N3O3. The Balaban J connectivity index is 1.45. The Morgan fingerprint density at radius 3 is 3.05 bits per heavy atom. The molecule has 1 aromatic rings. The maximum Gasteiger partial charge on any atom is 0.251 e. The van der Waals surface area contributed by atoms with Crippen molar-refractivity contribution in [3.8, 4) is 0 Å². The van der Waals surface area contributed by atoms with Gasteiger partial charge in [0, 0.05) is 25.5 Å². The number of amides is 1. The summed E-state index contributed by atoms with van der Waals surface area (Å²) < 4.78 is 10.7. The molecule has 104 valence electrons. The Labute approximate surface area is 111 Å². The van der Waals surface area contributed by atoms with Gasteiger partial charge in [0.05, 0.1) is 0 Å². The third-order valence-corrected chi connectivity index (χ3v) is 3.74. The summed E-state index contributed by atoms with van der Waals surface area (Å²) >= 11 is 0. The molecule has 3 rings (SSSR count). The zero-order valence-electron chi connectivity index (χ0n) is 11.1. The number of ether oxygens (including phenoxy) is 1. The van der Waals surface area contributed by atoms with Crippen LogP contribution in [-0.2, 0) is 16.0 Å². The van der Waals surface area contributed by atoms with Crippen molar-refractivity contribution in [2.24, 2.45) is 0 Å². The van der Waals surface area contributed by atoms with E-state index in [0.29, 0.717) is 31.3 Å². The highest BCUT2D eigenvalue weighted by Gasteiger charge is 2.37. The van der Waals surface area contributed by atoms with Gasteiger partial charge >= 0.3 is 0 Å². The van der Waals surface area contributed by atoms with Crippen LogP contribution in [0.2, 0.25) is 0 Å². The van der Waals surface area contributed by atoms with E-state index in [-0.39, 0.29) is 5.91 Å². The van der Waals surface area contributed by atoms with E-state index < -0.39 is 5.60 Å². The Bertz CT molecular complexity index is 461. The van der Waals surface area contributed by atoms with Crippen molar-refractivity contribution in [1.82, 2.24) is 15.5 Å². The number of nitrogens with one attached hydrogen (secondary N) is 1. The lowest BCUT2D eigenvalue weighted by Gasteiger charge is -2.21. The fraction of sp³-hybridized carbons (Fsp3) is 0.769. The normalized spacial score (nSPS) is 26.6. The first-order valence-corrected chi connectivity index (χ1v) is 6.92. The summed E-state index contributed by atoms with van der Waals surface area (Å²) in [4.78, 5) is 16.3. The number of carbonyl (C=O) groups is 1. The van der Waals surface area contributed by atoms with Gasteiger partial charge in [-0.3, -0.25) is 4.79 Å². The van der Waals surface area contributed by atoms with E-state index in [1.807, 2.05) is 6.92 Å². The molecule has 6 nitrogen and oxygen atoms in total. The molecule has 0 unspecified atom stereocenters. The number of hydrogen-bond donors (Lipinski definition) is 1. The van der Waals surface area contributed by atoms with Gasteiger partial charge in [-0.25, -0.2) is 0 Å². The largest absolute Gasteiger partial charge is 0.365 e. The second-order valence-corrected chi connectivity index (χ2v) is 5.51. The van der Waals surface area contributed by atoms with E-state index in [1.54, 1.807) is 0 Å². The van der Waals surface area contributed by atoms with Crippen molar-refractivity contribution in [2.75, 3.05) is 13.2 Å². The lowest BCUT2D eigenvalue weighted by Crippen LogP contribution is -2.44. The molecular weight excluding hydrogens is 246 g/mol. The van der Waals surface area contributed by atoms with Crippen LogP contribution < -0.4 is 5.32 Å². The third-order valence-electron chi connectivity index (χ3n) is 3.74. The number of carbonyl (C=O) groups excluding carboxylic acids is 1. The van der Waals surface area contributed by atoms with Gasteiger partial charge in [-0.15, -0.1) is 0 Å². The average molecular weight is 265 g/mol. The highest BCUT2D eigenvalue weighted by atomic mass is 16.5. The Morgan fingerprint density at radius 2 is 2.37 bits per heavy atom. The van der Waals surface area contributed by atoms with E-state index in [9.17, 15) is 4.79 Å². The monoisotopic (exact) mass is 265 g/mol. The van der Waals surface area contributed by atoms with Crippen LogP contribution in [0.25, 0.3) is 0 Å². The van der Waals surface area contributed by atoms with Crippen LogP contribution in [0.1, 0.15) is 50.2 Å². The second kappa shape index (κ2) is 4.92. The molecule has 6 heteroatoms. The fourth-order valence-electron chi connectivity index (χ4n) is 2.30. The molecule has 1 saturated heterocycles. The minimum absolute atomic E-state index is 0.0455. The van der Waals surface area contributed by atoms with Gasteiger partial charge in [0.15, 0.2) is 5.82 Å². The Kier molecular flexibility index (Phi) is 3.26. The van der Waals surface area contributed by atoms with Gasteiger partial charge in [-0.05, 0) is 32.6 Å². The minimum Gasteiger partial charge on any atom is -0.365 e. The van der Waals surface area contributed by atoms with E-state index in [4.69, 9.17) is 9.26 Å². The molecule has 0 spiro atoms. The predicted molar refractivity (Wildman–Crippen MR) is 66.6 cm³/mol. The molecule has 1 N–H and O–H groups in total. The summed E-state index contributed by atoms with van der Waals surface area (Å²) in [5.74, 6) is 1.84. The highest BCUT2D eigenvalue weighted by molar-refractivity contribution is 5.84. The first-order valence-electron chi connectivity index (χ1n) is 6.92. The van der Waals surface area contributed by atoms with E-state index >= 15 is 0 Å².